The van der Waals surface area contributed by atoms with Gasteiger partial charge in [0.1, 0.15) is 0 Å². The average Bonchev–Trinajstić information content (AvgIpc) is 3.28. The molecule has 3 aromatic rings. The first kappa shape index (κ1) is 19.6. The number of likely N-dealkylation sites (tertiary alicyclic amines) is 1. The van der Waals surface area contributed by atoms with Crippen molar-refractivity contribution < 1.29 is 19.4 Å². The second-order valence-corrected chi connectivity index (χ2v) is 8.14. The molecule has 1 saturated heterocycles. The molecule has 1 amide bonds. The summed E-state index contributed by atoms with van der Waals surface area (Å²) in [7, 11) is 0. The van der Waals surface area contributed by atoms with Crippen LogP contribution < -0.4 is 9.47 Å². The SMILES string of the molecule is O=C(c1c(-c2ccncc2)ccc2c1OCO2)N1CCC(O)(Cc2ccccc2)CC1. The second-order valence-electron chi connectivity index (χ2n) is 8.14. The van der Waals surface area contributed by atoms with Crippen molar-refractivity contribution in [2.24, 2.45) is 0 Å². The molecule has 0 aliphatic carbocycles. The maximum atomic E-state index is 13.6. The fraction of sp³-hybridized carbons (Fsp3) is 0.280. The Bertz CT molecular complexity index is 1080. The number of pyridine rings is 1. The summed E-state index contributed by atoms with van der Waals surface area (Å²) in [5, 5.41) is 11.1. The van der Waals surface area contributed by atoms with Gasteiger partial charge in [-0.05, 0) is 53.8 Å². The zero-order valence-corrected chi connectivity index (χ0v) is 17.2. The number of aliphatic hydroxyl groups is 1. The Balaban J connectivity index is 1.39. The fourth-order valence-corrected chi connectivity index (χ4v) is 4.39. The molecule has 0 unspecified atom stereocenters. The van der Waals surface area contributed by atoms with E-state index in [0.717, 1.165) is 16.7 Å². The molecular weight excluding hydrogens is 392 g/mol. The Morgan fingerprint density at radius 2 is 1.74 bits per heavy atom. The molecule has 31 heavy (non-hydrogen) atoms. The molecule has 0 spiro atoms. The van der Waals surface area contributed by atoms with Crippen molar-refractivity contribution in [3.8, 4) is 22.6 Å². The zero-order chi connectivity index (χ0) is 21.3. The summed E-state index contributed by atoms with van der Waals surface area (Å²) < 4.78 is 11.2. The van der Waals surface area contributed by atoms with Crippen molar-refractivity contribution in [1.29, 1.82) is 0 Å². The number of benzene rings is 2. The van der Waals surface area contributed by atoms with Crippen LogP contribution in [0, 0.1) is 0 Å². The lowest BCUT2D eigenvalue weighted by atomic mass is 9.85. The number of amides is 1. The number of piperidine rings is 1. The van der Waals surface area contributed by atoms with Gasteiger partial charge in [0.15, 0.2) is 11.5 Å². The topological polar surface area (TPSA) is 71.9 Å². The number of carbonyl (C=O) groups is 1. The predicted octanol–water partition coefficient (Wildman–Crippen LogP) is 3.69. The number of nitrogens with zero attached hydrogens (tertiary/aromatic N) is 2. The molecule has 1 fully saturated rings. The molecule has 0 bridgehead atoms. The highest BCUT2D eigenvalue weighted by atomic mass is 16.7. The summed E-state index contributed by atoms with van der Waals surface area (Å²) in [6.07, 6.45) is 5.07. The molecule has 3 heterocycles. The van der Waals surface area contributed by atoms with E-state index < -0.39 is 5.60 Å². The number of rotatable bonds is 4. The van der Waals surface area contributed by atoms with E-state index in [4.69, 9.17) is 9.47 Å². The van der Waals surface area contributed by atoms with E-state index in [0.29, 0.717) is 49.4 Å². The van der Waals surface area contributed by atoms with Crippen molar-refractivity contribution in [2.45, 2.75) is 24.9 Å². The van der Waals surface area contributed by atoms with Crippen molar-refractivity contribution in [3.63, 3.8) is 0 Å². The van der Waals surface area contributed by atoms with Crippen LogP contribution >= 0.6 is 0 Å². The van der Waals surface area contributed by atoms with Crippen molar-refractivity contribution in [2.75, 3.05) is 19.9 Å². The minimum atomic E-state index is -0.801. The smallest absolute Gasteiger partial charge is 0.258 e. The van der Waals surface area contributed by atoms with E-state index in [1.165, 1.54) is 0 Å². The van der Waals surface area contributed by atoms with Crippen LogP contribution in [-0.2, 0) is 6.42 Å². The van der Waals surface area contributed by atoms with Crippen LogP contribution in [-0.4, -0.2) is 46.4 Å². The van der Waals surface area contributed by atoms with Gasteiger partial charge in [0, 0.05) is 31.9 Å². The van der Waals surface area contributed by atoms with Gasteiger partial charge in [-0.2, -0.15) is 0 Å². The molecule has 5 rings (SSSR count). The summed E-state index contributed by atoms with van der Waals surface area (Å²) in [5.41, 5.74) is 2.51. The lowest BCUT2D eigenvalue weighted by Gasteiger charge is -2.38. The van der Waals surface area contributed by atoms with Gasteiger partial charge in [-0.1, -0.05) is 30.3 Å². The van der Waals surface area contributed by atoms with Crippen LogP contribution in [0.2, 0.25) is 0 Å². The average molecular weight is 416 g/mol. The minimum Gasteiger partial charge on any atom is -0.454 e. The third-order valence-electron chi connectivity index (χ3n) is 6.10. The number of hydrogen-bond donors (Lipinski definition) is 1. The molecular formula is C25H24N2O4. The second kappa shape index (κ2) is 8.04. The van der Waals surface area contributed by atoms with Gasteiger partial charge in [0.05, 0.1) is 11.2 Å². The van der Waals surface area contributed by atoms with E-state index >= 15 is 0 Å². The van der Waals surface area contributed by atoms with E-state index in [1.807, 2.05) is 54.6 Å². The Morgan fingerprint density at radius 1 is 1.00 bits per heavy atom. The van der Waals surface area contributed by atoms with Crippen LogP contribution in [0.1, 0.15) is 28.8 Å². The summed E-state index contributed by atoms with van der Waals surface area (Å²) >= 11 is 0. The van der Waals surface area contributed by atoms with Gasteiger partial charge < -0.3 is 19.5 Å². The first-order valence-electron chi connectivity index (χ1n) is 10.5. The van der Waals surface area contributed by atoms with Crippen LogP contribution in [0.25, 0.3) is 11.1 Å². The van der Waals surface area contributed by atoms with Crippen molar-refractivity contribution in [1.82, 2.24) is 9.88 Å². The highest BCUT2D eigenvalue weighted by Gasteiger charge is 2.36. The first-order chi connectivity index (χ1) is 15.1. The van der Waals surface area contributed by atoms with Crippen LogP contribution in [0.15, 0.2) is 67.0 Å². The Labute approximate surface area is 181 Å². The Hall–Kier alpha value is -3.38. The van der Waals surface area contributed by atoms with Crippen LogP contribution in [0.5, 0.6) is 11.5 Å². The monoisotopic (exact) mass is 416 g/mol. The van der Waals surface area contributed by atoms with Crippen LogP contribution in [0.4, 0.5) is 0 Å². The summed E-state index contributed by atoms with van der Waals surface area (Å²) in [5.74, 6) is 0.971. The zero-order valence-electron chi connectivity index (χ0n) is 17.2. The molecule has 1 aromatic heterocycles. The van der Waals surface area contributed by atoms with E-state index in [1.54, 1.807) is 17.3 Å². The molecule has 158 valence electrons. The normalized spacial score (nSPS) is 16.9. The molecule has 6 heteroatoms. The molecule has 2 aliphatic heterocycles. The van der Waals surface area contributed by atoms with Crippen LogP contribution in [0.3, 0.4) is 0 Å². The molecule has 0 radical (unpaired) electrons. The van der Waals surface area contributed by atoms with Gasteiger partial charge in [-0.25, -0.2) is 0 Å². The predicted molar refractivity (Wildman–Crippen MR) is 116 cm³/mol. The lowest BCUT2D eigenvalue weighted by molar-refractivity contribution is -0.0162. The largest absolute Gasteiger partial charge is 0.454 e. The quantitative estimate of drug-likeness (QED) is 0.702. The van der Waals surface area contributed by atoms with Crippen molar-refractivity contribution >= 4 is 5.91 Å². The van der Waals surface area contributed by atoms with E-state index in [2.05, 4.69) is 4.98 Å². The first-order valence-corrected chi connectivity index (χ1v) is 10.5. The lowest BCUT2D eigenvalue weighted by Crippen LogP contribution is -2.47. The third kappa shape index (κ3) is 3.86. The Kier molecular flexibility index (Phi) is 5.08. The third-order valence-corrected chi connectivity index (χ3v) is 6.10. The Morgan fingerprint density at radius 3 is 2.48 bits per heavy atom. The molecule has 2 aliphatic rings. The molecule has 6 nitrogen and oxygen atoms in total. The number of hydrogen-bond acceptors (Lipinski definition) is 5. The summed E-state index contributed by atoms with van der Waals surface area (Å²) in [6, 6.07) is 17.5. The minimum absolute atomic E-state index is 0.101. The van der Waals surface area contributed by atoms with Gasteiger partial charge in [0.2, 0.25) is 6.79 Å². The standard InChI is InChI=1S/C25H24N2O4/c28-24(27-14-10-25(29,11-15-27)16-18-4-2-1-3-5-18)22-20(19-8-12-26-13-9-19)6-7-21-23(22)31-17-30-21/h1-9,12-13,29H,10-11,14-17H2. The molecule has 2 aromatic carbocycles. The number of aromatic nitrogens is 1. The fourth-order valence-electron chi connectivity index (χ4n) is 4.39. The highest BCUT2D eigenvalue weighted by Crippen LogP contribution is 2.42. The summed E-state index contributed by atoms with van der Waals surface area (Å²) in [4.78, 5) is 19.5. The summed E-state index contributed by atoms with van der Waals surface area (Å²) in [6.45, 7) is 1.08. The highest BCUT2D eigenvalue weighted by molar-refractivity contribution is 6.04. The van der Waals surface area contributed by atoms with Gasteiger partial charge in [-0.15, -0.1) is 0 Å². The van der Waals surface area contributed by atoms with Gasteiger partial charge >= 0.3 is 0 Å². The van der Waals surface area contributed by atoms with Gasteiger partial charge in [-0.3, -0.25) is 9.78 Å². The van der Waals surface area contributed by atoms with E-state index in [9.17, 15) is 9.90 Å². The maximum absolute atomic E-state index is 13.6. The number of carbonyl (C=O) groups excluding carboxylic acids is 1. The molecule has 1 N–H and O–H groups in total. The van der Waals surface area contributed by atoms with E-state index in [-0.39, 0.29) is 12.7 Å². The van der Waals surface area contributed by atoms with Gasteiger partial charge in [0.25, 0.3) is 5.91 Å². The molecule has 0 saturated carbocycles. The van der Waals surface area contributed by atoms with Crippen molar-refractivity contribution in [3.05, 3.63) is 78.1 Å². The number of fused-ring (bicyclic) bond motifs is 1. The molecule has 0 atom stereocenters. The maximum Gasteiger partial charge on any atom is 0.258 e. The number of ether oxygens (including phenoxy) is 2.